The Hall–Kier alpha value is -2.19. The molecule has 1 saturated heterocycles. The number of hydrogen-bond acceptors (Lipinski definition) is 5. The first kappa shape index (κ1) is 23.5. The number of hydrogen-bond donors (Lipinski definition) is 1. The Balaban J connectivity index is 1.85. The molecule has 1 aliphatic rings. The Kier molecular flexibility index (Phi) is 7.21. The summed E-state index contributed by atoms with van der Waals surface area (Å²) in [7, 11) is -1.01. The first-order valence-corrected chi connectivity index (χ1v) is 13.3. The van der Waals surface area contributed by atoms with Crippen molar-refractivity contribution < 1.29 is 23.6 Å². The standard InChI is InChI=1S/C23H33N2O5Si/c1-23(2,3)21(30-31(4)5)19-16(14-26)7-8-17-18(24-29-20(17)19)9-6-15-10-12-25(13-11-15)22(27)28/h7-8,14-15,21H,6,9-13H2,1-5H3,(H,27,28). The van der Waals surface area contributed by atoms with Crippen LogP contribution in [0.25, 0.3) is 11.0 Å². The highest BCUT2D eigenvalue weighted by molar-refractivity contribution is 6.48. The molecular formula is C23H33N2O5Si. The Morgan fingerprint density at radius 3 is 2.58 bits per heavy atom. The molecule has 3 rings (SSSR count). The van der Waals surface area contributed by atoms with Crippen LogP contribution in [0.5, 0.6) is 0 Å². The zero-order chi connectivity index (χ0) is 22.8. The summed E-state index contributed by atoms with van der Waals surface area (Å²) in [6.45, 7) is 11.7. The van der Waals surface area contributed by atoms with Crippen molar-refractivity contribution >= 4 is 32.4 Å². The molecule has 0 spiro atoms. The molecule has 8 heteroatoms. The topological polar surface area (TPSA) is 92.9 Å². The molecule has 1 aromatic carbocycles. The summed E-state index contributed by atoms with van der Waals surface area (Å²) in [5, 5.41) is 14.4. The van der Waals surface area contributed by atoms with E-state index in [0.29, 0.717) is 30.2 Å². The maximum absolute atomic E-state index is 11.8. The molecule has 1 N–H and O–H groups in total. The third kappa shape index (κ3) is 5.36. The second-order valence-electron chi connectivity index (χ2n) is 9.72. The minimum Gasteiger partial charge on any atom is -0.465 e. The molecule has 1 aromatic heterocycles. The van der Waals surface area contributed by atoms with Crippen molar-refractivity contribution in [2.75, 3.05) is 13.1 Å². The maximum atomic E-state index is 11.8. The minimum absolute atomic E-state index is 0.209. The van der Waals surface area contributed by atoms with Crippen LogP contribution in [0.3, 0.4) is 0 Å². The van der Waals surface area contributed by atoms with Crippen molar-refractivity contribution in [1.29, 1.82) is 0 Å². The van der Waals surface area contributed by atoms with Gasteiger partial charge < -0.3 is 19.0 Å². The predicted octanol–water partition coefficient (Wildman–Crippen LogP) is 5.32. The first-order valence-electron chi connectivity index (χ1n) is 10.9. The minimum atomic E-state index is -1.01. The van der Waals surface area contributed by atoms with E-state index in [1.54, 1.807) is 0 Å². The number of aromatic nitrogens is 1. The molecule has 1 fully saturated rings. The third-order valence-electron chi connectivity index (χ3n) is 5.99. The highest BCUT2D eigenvalue weighted by atomic mass is 28.3. The van der Waals surface area contributed by atoms with Gasteiger partial charge >= 0.3 is 6.09 Å². The van der Waals surface area contributed by atoms with E-state index >= 15 is 0 Å². The number of aryl methyl sites for hydroxylation is 1. The van der Waals surface area contributed by atoms with Crippen molar-refractivity contribution in [1.82, 2.24) is 10.1 Å². The summed E-state index contributed by atoms with van der Waals surface area (Å²) in [4.78, 5) is 24.4. The summed E-state index contributed by atoms with van der Waals surface area (Å²) in [6.07, 6.45) is 3.23. The molecule has 7 nitrogen and oxygen atoms in total. The van der Waals surface area contributed by atoms with E-state index in [0.717, 1.165) is 48.6 Å². The van der Waals surface area contributed by atoms with Crippen molar-refractivity contribution in [3.63, 3.8) is 0 Å². The van der Waals surface area contributed by atoms with Crippen molar-refractivity contribution in [2.24, 2.45) is 11.3 Å². The van der Waals surface area contributed by atoms with E-state index in [9.17, 15) is 9.59 Å². The summed E-state index contributed by atoms with van der Waals surface area (Å²) in [5.41, 5.74) is 2.70. The van der Waals surface area contributed by atoms with Crippen LogP contribution in [-0.2, 0) is 10.8 Å². The van der Waals surface area contributed by atoms with E-state index < -0.39 is 15.1 Å². The smallest absolute Gasteiger partial charge is 0.407 e. The van der Waals surface area contributed by atoms with Gasteiger partial charge in [-0.3, -0.25) is 4.79 Å². The number of likely N-dealkylation sites (tertiary alicyclic amines) is 1. The van der Waals surface area contributed by atoms with E-state index in [4.69, 9.17) is 14.1 Å². The number of rotatable bonds is 7. The molecule has 169 valence electrons. The summed E-state index contributed by atoms with van der Waals surface area (Å²) >= 11 is 0. The lowest BCUT2D eigenvalue weighted by molar-refractivity contribution is 0.0850. The number of piperidine rings is 1. The van der Waals surface area contributed by atoms with Crippen LogP contribution in [0.2, 0.25) is 13.1 Å². The lowest BCUT2D eigenvalue weighted by Gasteiger charge is -2.33. The summed E-state index contributed by atoms with van der Waals surface area (Å²) in [6, 6.07) is 3.77. The average Bonchev–Trinajstić information content (AvgIpc) is 3.12. The van der Waals surface area contributed by atoms with Crippen LogP contribution < -0.4 is 0 Å². The number of nitrogens with zero attached hydrogens (tertiary/aromatic N) is 2. The van der Waals surface area contributed by atoms with Crippen molar-refractivity contribution in [3.05, 3.63) is 29.0 Å². The van der Waals surface area contributed by atoms with Gasteiger partial charge in [-0.2, -0.15) is 0 Å². The molecule has 1 amide bonds. The number of fused-ring (bicyclic) bond motifs is 1. The van der Waals surface area contributed by atoms with Gasteiger partial charge in [0, 0.05) is 29.6 Å². The largest absolute Gasteiger partial charge is 0.465 e. The van der Waals surface area contributed by atoms with Gasteiger partial charge in [-0.05, 0) is 56.2 Å². The monoisotopic (exact) mass is 445 g/mol. The third-order valence-corrected chi connectivity index (χ3v) is 6.70. The van der Waals surface area contributed by atoms with Gasteiger partial charge in [-0.1, -0.05) is 32.0 Å². The zero-order valence-corrected chi connectivity index (χ0v) is 20.1. The molecule has 31 heavy (non-hydrogen) atoms. The van der Waals surface area contributed by atoms with Crippen LogP contribution in [0.15, 0.2) is 16.7 Å². The fraction of sp³-hybridized carbons (Fsp3) is 0.609. The highest BCUT2D eigenvalue weighted by Crippen LogP contribution is 2.42. The van der Waals surface area contributed by atoms with E-state index in [-0.39, 0.29) is 11.5 Å². The van der Waals surface area contributed by atoms with Gasteiger partial charge in [0.1, 0.15) is 0 Å². The van der Waals surface area contributed by atoms with Crippen LogP contribution in [0, 0.1) is 11.3 Å². The molecule has 0 saturated carbocycles. The SMILES string of the molecule is C[Si](C)OC(c1c(C=O)ccc2c(CCC3CCN(C(=O)O)CC3)noc12)C(C)(C)C. The number of amides is 1. The van der Waals surface area contributed by atoms with Crippen molar-refractivity contribution in [3.8, 4) is 0 Å². The molecule has 0 aliphatic carbocycles. The number of aldehydes is 1. The van der Waals surface area contributed by atoms with Gasteiger partial charge in [0.2, 0.25) is 9.04 Å². The summed E-state index contributed by atoms with van der Waals surface area (Å²) < 4.78 is 12.2. The molecular weight excluding hydrogens is 412 g/mol. The van der Waals surface area contributed by atoms with E-state index in [1.165, 1.54) is 4.90 Å². The number of carbonyl (C=O) groups excluding carboxylic acids is 1. The molecule has 1 unspecified atom stereocenters. The lowest BCUT2D eigenvalue weighted by atomic mass is 9.82. The van der Waals surface area contributed by atoms with Gasteiger partial charge in [0.15, 0.2) is 11.9 Å². The molecule has 2 aromatic rings. The fourth-order valence-electron chi connectivity index (χ4n) is 4.30. The number of carboxylic acid groups (broad SMARTS) is 1. The van der Waals surface area contributed by atoms with Crippen LogP contribution in [-0.4, -0.2) is 49.7 Å². The number of benzene rings is 1. The molecule has 1 atom stereocenters. The Labute approximate surface area is 185 Å². The van der Waals surface area contributed by atoms with E-state index in [2.05, 4.69) is 39.0 Å². The second kappa shape index (κ2) is 9.52. The van der Waals surface area contributed by atoms with Gasteiger partial charge in [-0.25, -0.2) is 4.79 Å². The van der Waals surface area contributed by atoms with Gasteiger partial charge in [-0.15, -0.1) is 0 Å². The first-order chi connectivity index (χ1) is 14.6. The Morgan fingerprint density at radius 2 is 2.03 bits per heavy atom. The quantitative estimate of drug-likeness (QED) is 0.458. The Morgan fingerprint density at radius 1 is 1.35 bits per heavy atom. The highest BCUT2D eigenvalue weighted by Gasteiger charge is 2.33. The number of carbonyl (C=O) groups is 2. The van der Waals surface area contributed by atoms with Crippen LogP contribution >= 0.6 is 0 Å². The molecule has 2 heterocycles. The van der Waals surface area contributed by atoms with Crippen LogP contribution in [0.4, 0.5) is 4.79 Å². The normalized spacial score (nSPS) is 16.8. The molecule has 1 radical (unpaired) electrons. The Bertz CT molecular complexity index is 926. The summed E-state index contributed by atoms with van der Waals surface area (Å²) in [5.74, 6) is 0.479. The predicted molar refractivity (Wildman–Crippen MR) is 121 cm³/mol. The van der Waals surface area contributed by atoms with Crippen molar-refractivity contribution in [2.45, 2.75) is 65.7 Å². The maximum Gasteiger partial charge on any atom is 0.407 e. The average molecular weight is 446 g/mol. The second-order valence-corrected chi connectivity index (χ2v) is 11.8. The fourth-order valence-corrected chi connectivity index (χ4v) is 5.24. The molecule has 0 bridgehead atoms. The molecule has 1 aliphatic heterocycles. The zero-order valence-electron chi connectivity index (χ0n) is 19.1. The van der Waals surface area contributed by atoms with Gasteiger partial charge in [0.05, 0.1) is 11.8 Å². The van der Waals surface area contributed by atoms with Crippen LogP contribution in [0.1, 0.15) is 67.8 Å². The lowest BCUT2D eigenvalue weighted by Crippen LogP contribution is -2.37. The van der Waals surface area contributed by atoms with Gasteiger partial charge in [0.25, 0.3) is 0 Å². The van der Waals surface area contributed by atoms with E-state index in [1.807, 2.05) is 12.1 Å².